The second-order valence-electron chi connectivity index (χ2n) is 7.76. The van der Waals surface area contributed by atoms with Crippen LogP contribution < -0.4 is 0 Å². The van der Waals surface area contributed by atoms with E-state index in [0.717, 1.165) is 19.6 Å². The first-order chi connectivity index (χ1) is 8.65. The first kappa shape index (κ1) is 17.1. The summed E-state index contributed by atoms with van der Waals surface area (Å²) in [6.45, 7) is 19.1. The van der Waals surface area contributed by atoms with Crippen LogP contribution in [-0.2, 0) is 0 Å². The van der Waals surface area contributed by atoms with Crippen LogP contribution >= 0.6 is 0 Å². The molecule has 0 unspecified atom stereocenters. The molecule has 0 atom stereocenters. The Morgan fingerprint density at radius 1 is 0.737 bits per heavy atom. The lowest BCUT2D eigenvalue weighted by Gasteiger charge is -2.43. The van der Waals surface area contributed by atoms with Gasteiger partial charge in [-0.3, -0.25) is 0 Å². The highest BCUT2D eigenvalue weighted by Crippen LogP contribution is 2.16. The fraction of sp³-hybridized carbons (Fsp3) is 1.00. The summed E-state index contributed by atoms with van der Waals surface area (Å²) in [5.74, 6) is 1.34. The standard InChI is InChI=1S/C13H29B3N3/c1-11(2)8-17-14-18(9-12(3)4)16-19(15-17)10-13(5,6)7/h11-12H,8-10H2,1-7H3. The van der Waals surface area contributed by atoms with Crippen molar-refractivity contribution in [2.75, 3.05) is 19.6 Å². The van der Waals surface area contributed by atoms with Crippen LogP contribution in [0.25, 0.3) is 0 Å². The Hall–Kier alpha value is 0.0748. The smallest absolute Gasteiger partial charge is 0.290 e. The molecule has 0 aromatic rings. The van der Waals surface area contributed by atoms with Crippen molar-refractivity contribution in [1.82, 2.24) is 14.2 Å². The third-order valence-electron chi connectivity index (χ3n) is 2.70. The molecular formula is C13H29B3N3. The molecule has 0 bridgehead atoms. The van der Waals surface area contributed by atoms with E-state index in [1.165, 1.54) is 0 Å². The van der Waals surface area contributed by atoms with Gasteiger partial charge >= 0.3 is 0 Å². The molecule has 19 heavy (non-hydrogen) atoms. The normalized spacial score (nSPS) is 19.4. The van der Waals surface area contributed by atoms with Gasteiger partial charge in [-0.25, -0.2) is 0 Å². The average molecular weight is 260 g/mol. The molecule has 1 saturated heterocycles. The van der Waals surface area contributed by atoms with Gasteiger partial charge in [-0.05, 0) is 36.9 Å². The van der Waals surface area contributed by atoms with Gasteiger partial charge in [-0.1, -0.05) is 48.5 Å². The molecule has 0 spiro atoms. The number of hydrogen-bond donors (Lipinski definition) is 0. The van der Waals surface area contributed by atoms with E-state index in [0.29, 0.717) is 17.3 Å². The Bertz CT molecular complexity index is 248. The van der Waals surface area contributed by atoms with E-state index in [9.17, 15) is 0 Å². The fourth-order valence-electron chi connectivity index (χ4n) is 2.32. The first-order valence-electron chi connectivity index (χ1n) is 7.48. The maximum absolute atomic E-state index is 2.32. The third kappa shape index (κ3) is 7.43. The minimum atomic E-state index is 0.303. The second-order valence-corrected chi connectivity index (χ2v) is 7.76. The molecule has 0 aromatic carbocycles. The highest BCUT2D eigenvalue weighted by atomic mass is 15.3. The molecule has 0 aromatic heterocycles. The van der Waals surface area contributed by atoms with Crippen molar-refractivity contribution >= 4 is 22.6 Å². The van der Waals surface area contributed by atoms with Crippen molar-refractivity contribution in [1.29, 1.82) is 0 Å². The molecule has 0 saturated carbocycles. The van der Waals surface area contributed by atoms with Gasteiger partial charge < -0.3 is 14.2 Å². The van der Waals surface area contributed by atoms with Crippen LogP contribution in [0.3, 0.4) is 0 Å². The van der Waals surface area contributed by atoms with Crippen molar-refractivity contribution < 1.29 is 0 Å². The highest BCUT2D eigenvalue weighted by molar-refractivity contribution is 6.64. The second kappa shape index (κ2) is 7.19. The Labute approximate surface area is 122 Å². The zero-order valence-electron chi connectivity index (χ0n) is 13.8. The fourth-order valence-corrected chi connectivity index (χ4v) is 2.32. The van der Waals surface area contributed by atoms with E-state index >= 15 is 0 Å². The van der Waals surface area contributed by atoms with Crippen molar-refractivity contribution in [2.24, 2.45) is 17.3 Å². The molecule has 3 nitrogen and oxygen atoms in total. The number of hydrogen-bond acceptors (Lipinski definition) is 3. The molecule has 1 rings (SSSR count). The Morgan fingerprint density at radius 2 is 1.11 bits per heavy atom. The Balaban J connectivity index is 2.60. The van der Waals surface area contributed by atoms with Gasteiger partial charge in [0.25, 0.3) is 22.6 Å². The van der Waals surface area contributed by atoms with Crippen LogP contribution in [0.5, 0.6) is 0 Å². The van der Waals surface area contributed by atoms with E-state index in [4.69, 9.17) is 0 Å². The lowest BCUT2D eigenvalue weighted by atomic mass is 9.71. The molecule has 6 heteroatoms. The molecule has 1 fully saturated rings. The predicted molar refractivity (Wildman–Crippen MR) is 86.5 cm³/mol. The number of nitrogens with zero attached hydrogens (tertiary/aromatic N) is 3. The van der Waals surface area contributed by atoms with E-state index < -0.39 is 0 Å². The van der Waals surface area contributed by atoms with Crippen LogP contribution in [0.15, 0.2) is 0 Å². The summed E-state index contributed by atoms with van der Waals surface area (Å²) in [4.78, 5) is 0. The van der Waals surface area contributed by atoms with Crippen LogP contribution in [-0.4, -0.2) is 56.4 Å². The molecule has 0 amide bonds. The van der Waals surface area contributed by atoms with E-state index in [-0.39, 0.29) is 0 Å². The minimum absolute atomic E-state index is 0.303. The molecule has 1 aliphatic heterocycles. The number of rotatable bonds is 5. The summed E-state index contributed by atoms with van der Waals surface area (Å²) in [6, 6.07) is 0. The van der Waals surface area contributed by atoms with Crippen LogP contribution in [0.2, 0.25) is 0 Å². The Morgan fingerprint density at radius 3 is 1.42 bits per heavy atom. The van der Waals surface area contributed by atoms with Crippen LogP contribution in [0.1, 0.15) is 48.5 Å². The van der Waals surface area contributed by atoms with E-state index in [1.807, 2.05) is 0 Å². The summed E-state index contributed by atoms with van der Waals surface area (Å²) in [5.41, 5.74) is 0.303. The van der Waals surface area contributed by atoms with Gasteiger partial charge in [-0.15, -0.1) is 0 Å². The maximum Gasteiger partial charge on any atom is 0.290 e. The summed E-state index contributed by atoms with van der Waals surface area (Å²) in [7, 11) is 6.71. The molecule has 0 N–H and O–H groups in total. The molecular weight excluding hydrogens is 231 g/mol. The summed E-state index contributed by atoms with van der Waals surface area (Å²) in [5, 5.41) is 0. The van der Waals surface area contributed by atoms with Crippen molar-refractivity contribution in [3.05, 3.63) is 0 Å². The maximum atomic E-state index is 2.32. The van der Waals surface area contributed by atoms with Gasteiger partial charge in [0.05, 0.1) is 0 Å². The average Bonchev–Trinajstić information content (AvgIpc) is 2.10. The van der Waals surface area contributed by atoms with Crippen molar-refractivity contribution in [3.63, 3.8) is 0 Å². The third-order valence-corrected chi connectivity index (χ3v) is 2.70. The molecule has 1 heterocycles. The lowest BCUT2D eigenvalue weighted by molar-refractivity contribution is 0.326. The molecule has 1 aliphatic rings. The van der Waals surface area contributed by atoms with Crippen LogP contribution in [0.4, 0.5) is 0 Å². The summed E-state index contributed by atoms with van der Waals surface area (Å²) >= 11 is 0. The molecule has 105 valence electrons. The van der Waals surface area contributed by atoms with Crippen molar-refractivity contribution in [3.8, 4) is 0 Å². The van der Waals surface area contributed by atoms with Gasteiger partial charge in [-0.2, -0.15) is 0 Å². The largest absolute Gasteiger partial charge is 0.365 e. The van der Waals surface area contributed by atoms with E-state index in [2.05, 4.69) is 85.3 Å². The summed E-state index contributed by atoms with van der Waals surface area (Å²) in [6.07, 6.45) is 0. The zero-order chi connectivity index (χ0) is 14.6. The van der Waals surface area contributed by atoms with Crippen LogP contribution in [0, 0.1) is 17.3 Å². The molecule has 3 radical (unpaired) electrons. The van der Waals surface area contributed by atoms with Crippen molar-refractivity contribution in [2.45, 2.75) is 48.5 Å². The minimum Gasteiger partial charge on any atom is -0.365 e. The zero-order valence-corrected chi connectivity index (χ0v) is 13.8. The van der Waals surface area contributed by atoms with E-state index in [1.54, 1.807) is 0 Å². The summed E-state index contributed by atoms with van der Waals surface area (Å²) < 4.78 is 6.96. The SMILES string of the molecule is CC(C)CN1[B]N(CC(C)C)[B]N(CC(C)(C)C)[B]1. The first-order valence-corrected chi connectivity index (χ1v) is 7.48. The quantitative estimate of drug-likeness (QED) is 0.698. The highest BCUT2D eigenvalue weighted by Gasteiger charge is 2.30. The van der Waals surface area contributed by atoms with Gasteiger partial charge in [0.1, 0.15) is 0 Å². The predicted octanol–water partition coefficient (Wildman–Crippen LogP) is 1.87. The monoisotopic (exact) mass is 260 g/mol. The van der Waals surface area contributed by atoms with Gasteiger partial charge in [0.2, 0.25) is 0 Å². The topological polar surface area (TPSA) is 9.72 Å². The van der Waals surface area contributed by atoms with Gasteiger partial charge in [0.15, 0.2) is 0 Å². The van der Waals surface area contributed by atoms with Gasteiger partial charge in [0, 0.05) is 0 Å². The lowest BCUT2D eigenvalue weighted by Crippen LogP contribution is -2.63. The Kier molecular flexibility index (Phi) is 6.48. The molecule has 0 aliphatic carbocycles.